The molecule has 0 saturated heterocycles. The van der Waals surface area contributed by atoms with Gasteiger partial charge in [-0.05, 0) is 31.6 Å². The molecule has 0 amide bonds. The van der Waals surface area contributed by atoms with E-state index in [2.05, 4.69) is 6.92 Å². The number of aliphatic hydroxyl groups excluding tert-OH is 3. The molecule has 5 atom stereocenters. The van der Waals surface area contributed by atoms with Crippen LogP contribution in [-0.2, 0) is 4.79 Å². The molecule has 0 bridgehead atoms. The SMILES string of the molecule is CCCCC[C@@H](O)/C=C/[C@H]1C(O)CC(O)[C@@H]1C/C=C\CCCC(=O)O. The van der Waals surface area contributed by atoms with Crippen LogP contribution in [0.3, 0.4) is 0 Å². The van der Waals surface area contributed by atoms with Crippen LogP contribution in [-0.4, -0.2) is 44.7 Å². The fraction of sp³-hybridized carbons (Fsp3) is 0.750. The van der Waals surface area contributed by atoms with Gasteiger partial charge in [0.2, 0.25) is 0 Å². The first-order valence-electron chi connectivity index (χ1n) is 9.55. The molecule has 0 aromatic heterocycles. The van der Waals surface area contributed by atoms with Crippen molar-refractivity contribution >= 4 is 5.97 Å². The topological polar surface area (TPSA) is 98.0 Å². The summed E-state index contributed by atoms with van der Waals surface area (Å²) in [6.07, 6.45) is 12.3. The molecule has 1 aliphatic carbocycles. The average Bonchev–Trinajstić information content (AvgIpc) is 2.82. The molecule has 144 valence electrons. The zero-order valence-corrected chi connectivity index (χ0v) is 15.3. The third-order valence-electron chi connectivity index (χ3n) is 4.91. The van der Waals surface area contributed by atoms with Gasteiger partial charge in [-0.25, -0.2) is 0 Å². The van der Waals surface area contributed by atoms with Crippen LogP contribution in [0.4, 0.5) is 0 Å². The Morgan fingerprint density at radius 3 is 2.60 bits per heavy atom. The average molecular weight is 354 g/mol. The second-order valence-electron chi connectivity index (χ2n) is 7.05. The smallest absolute Gasteiger partial charge is 0.303 e. The van der Waals surface area contributed by atoms with Crippen molar-refractivity contribution in [3.63, 3.8) is 0 Å². The summed E-state index contributed by atoms with van der Waals surface area (Å²) in [6.45, 7) is 2.12. The number of carboxylic acid groups (broad SMARTS) is 1. The highest BCUT2D eigenvalue weighted by atomic mass is 16.4. The van der Waals surface area contributed by atoms with Crippen molar-refractivity contribution < 1.29 is 25.2 Å². The van der Waals surface area contributed by atoms with E-state index in [0.29, 0.717) is 25.7 Å². The van der Waals surface area contributed by atoms with Crippen molar-refractivity contribution in [1.29, 1.82) is 0 Å². The number of aliphatic hydroxyl groups is 3. The monoisotopic (exact) mass is 354 g/mol. The van der Waals surface area contributed by atoms with Gasteiger partial charge >= 0.3 is 5.97 Å². The van der Waals surface area contributed by atoms with Crippen LogP contribution < -0.4 is 0 Å². The summed E-state index contributed by atoms with van der Waals surface area (Å²) in [7, 11) is 0. The molecular formula is C20H34O5. The molecule has 0 radical (unpaired) electrons. The van der Waals surface area contributed by atoms with Crippen LogP contribution >= 0.6 is 0 Å². The largest absolute Gasteiger partial charge is 0.481 e. The quantitative estimate of drug-likeness (QED) is 0.319. The molecule has 5 heteroatoms. The van der Waals surface area contributed by atoms with Gasteiger partial charge < -0.3 is 20.4 Å². The summed E-state index contributed by atoms with van der Waals surface area (Å²) < 4.78 is 0. The maximum atomic E-state index is 10.5. The van der Waals surface area contributed by atoms with Gasteiger partial charge in [-0.15, -0.1) is 0 Å². The van der Waals surface area contributed by atoms with E-state index >= 15 is 0 Å². The minimum absolute atomic E-state index is 0.0650. The highest BCUT2D eigenvalue weighted by Gasteiger charge is 2.39. The lowest BCUT2D eigenvalue weighted by Crippen LogP contribution is -2.20. The predicted octanol–water partition coefficient (Wildman–Crippen LogP) is 3.04. The molecule has 1 fully saturated rings. The number of unbranched alkanes of at least 4 members (excludes halogenated alkanes) is 3. The van der Waals surface area contributed by atoms with Gasteiger partial charge in [0.1, 0.15) is 0 Å². The molecule has 1 rings (SSSR count). The Morgan fingerprint density at radius 2 is 1.92 bits per heavy atom. The van der Waals surface area contributed by atoms with Gasteiger partial charge in [0.05, 0.1) is 18.3 Å². The Balaban J connectivity index is 2.46. The second kappa shape index (κ2) is 12.2. The standard InChI is InChI=1S/C20H34O5/c1-2-3-6-9-15(21)12-13-17-16(18(22)14-19(17)23)10-7-4-5-8-11-20(24)25/h4,7,12-13,15-19,21-23H,2-3,5-6,8-11,14H2,1H3,(H,24,25)/b7-4-,13-12+/t15-,16-,17-,18?,19?/m1/s1. The zero-order valence-electron chi connectivity index (χ0n) is 15.3. The molecule has 1 aliphatic rings. The van der Waals surface area contributed by atoms with E-state index in [4.69, 9.17) is 5.11 Å². The molecular weight excluding hydrogens is 320 g/mol. The van der Waals surface area contributed by atoms with Crippen molar-refractivity contribution in [2.75, 3.05) is 0 Å². The summed E-state index contributed by atoms with van der Waals surface area (Å²) in [4.78, 5) is 10.5. The predicted molar refractivity (Wildman–Crippen MR) is 98.1 cm³/mol. The third kappa shape index (κ3) is 8.66. The van der Waals surface area contributed by atoms with Crippen LogP contribution in [0.25, 0.3) is 0 Å². The zero-order chi connectivity index (χ0) is 18.7. The van der Waals surface area contributed by atoms with E-state index < -0.39 is 24.3 Å². The summed E-state index contributed by atoms with van der Waals surface area (Å²) in [5.74, 6) is -1.00. The number of hydrogen-bond donors (Lipinski definition) is 4. The minimum atomic E-state index is -0.787. The van der Waals surface area contributed by atoms with E-state index in [1.165, 1.54) is 0 Å². The Hall–Kier alpha value is -1.17. The van der Waals surface area contributed by atoms with Crippen LogP contribution in [0.15, 0.2) is 24.3 Å². The van der Waals surface area contributed by atoms with E-state index in [0.717, 1.165) is 25.7 Å². The highest BCUT2D eigenvalue weighted by molar-refractivity contribution is 5.66. The maximum Gasteiger partial charge on any atom is 0.303 e. The number of rotatable bonds is 12. The molecule has 0 aromatic carbocycles. The minimum Gasteiger partial charge on any atom is -0.481 e. The fourth-order valence-corrected chi connectivity index (χ4v) is 3.41. The van der Waals surface area contributed by atoms with Crippen molar-refractivity contribution in [1.82, 2.24) is 0 Å². The molecule has 25 heavy (non-hydrogen) atoms. The molecule has 5 nitrogen and oxygen atoms in total. The highest BCUT2D eigenvalue weighted by Crippen LogP contribution is 2.36. The first-order chi connectivity index (χ1) is 12.0. The Morgan fingerprint density at radius 1 is 1.16 bits per heavy atom. The summed E-state index contributed by atoms with van der Waals surface area (Å²) >= 11 is 0. The molecule has 4 N–H and O–H groups in total. The molecule has 0 heterocycles. The molecule has 0 aliphatic heterocycles. The van der Waals surface area contributed by atoms with Crippen LogP contribution in [0, 0.1) is 11.8 Å². The van der Waals surface area contributed by atoms with E-state index in [1.54, 1.807) is 6.08 Å². The normalized spacial score (nSPS) is 28.2. The lowest BCUT2D eigenvalue weighted by atomic mass is 9.89. The Kier molecular flexibility index (Phi) is 10.7. The number of aliphatic carboxylic acids is 1. The Bertz CT molecular complexity index is 432. The van der Waals surface area contributed by atoms with Gasteiger partial charge in [0, 0.05) is 18.8 Å². The number of allylic oxidation sites excluding steroid dienone is 2. The summed E-state index contributed by atoms with van der Waals surface area (Å²) in [6, 6.07) is 0. The lowest BCUT2D eigenvalue weighted by Gasteiger charge is -2.19. The fourth-order valence-electron chi connectivity index (χ4n) is 3.41. The van der Waals surface area contributed by atoms with Gasteiger partial charge in [-0.2, -0.15) is 0 Å². The number of carbonyl (C=O) groups is 1. The van der Waals surface area contributed by atoms with Crippen molar-refractivity contribution in [2.45, 2.75) is 83.0 Å². The van der Waals surface area contributed by atoms with E-state index in [-0.39, 0.29) is 18.3 Å². The summed E-state index contributed by atoms with van der Waals surface area (Å²) in [5.41, 5.74) is 0. The summed E-state index contributed by atoms with van der Waals surface area (Å²) in [5, 5.41) is 39.0. The van der Waals surface area contributed by atoms with Gasteiger partial charge in [0.15, 0.2) is 0 Å². The molecule has 0 spiro atoms. The number of carboxylic acids is 1. The first-order valence-corrected chi connectivity index (χ1v) is 9.55. The van der Waals surface area contributed by atoms with Crippen molar-refractivity contribution in [2.24, 2.45) is 11.8 Å². The van der Waals surface area contributed by atoms with Crippen LogP contribution in [0.2, 0.25) is 0 Å². The maximum absolute atomic E-state index is 10.5. The number of hydrogen-bond acceptors (Lipinski definition) is 4. The van der Waals surface area contributed by atoms with E-state index in [1.807, 2.05) is 18.2 Å². The van der Waals surface area contributed by atoms with Gasteiger partial charge in [0.25, 0.3) is 0 Å². The molecule has 0 aromatic rings. The van der Waals surface area contributed by atoms with E-state index in [9.17, 15) is 20.1 Å². The molecule has 1 saturated carbocycles. The lowest BCUT2D eigenvalue weighted by molar-refractivity contribution is -0.137. The third-order valence-corrected chi connectivity index (χ3v) is 4.91. The van der Waals surface area contributed by atoms with Gasteiger partial charge in [-0.1, -0.05) is 50.5 Å². The van der Waals surface area contributed by atoms with Crippen molar-refractivity contribution in [3.8, 4) is 0 Å². The van der Waals surface area contributed by atoms with Crippen LogP contribution in [0.1, 0.15) is 64.7 Å². The Labute approximate surface area is 151 Å². The van der Waals surface area contributed by atoms with Gasteiger partial charge in [-0.3, -0.25) is 4.79 Å². The second-order valence-corrected chi connectivity index (χ2v) is 7.05. The van der Waals surface area contributed by atoms with Crippen LogP contribution in [0.5, 0.6) is 0 Å². The van der Waals surface area contributed by atoms with Crippen molar-refractivity contribution in [3.05, 3.63) is 24.3 Å². The first kappa shape index (κ1) is 21.9. The molecule has 2 unspecified atom stereocenters.